The number of aliphatic imine (C=N–C) groups is 1. The molecule has 0 bridgehead atoms. The predicted molar refractivity (Wildman–Crippen MR) is 86.6 cm³/mol. The molecule has 1 aromatic carbocycles. The number of nitrogens with zero attached hydrogens (tertiary/aromatic N) is 1. The molecule has 0 unspecified atom stereocenters. The molecule has 0 heterocycles. The number of sulfonamides is 1. The second-order valence-corrected chi connectivity index (χ2v) is 6.22. The summed E-state index contributed by atoms with van der Waals surface area (Å²) in [6.07, 6.45) is 1.70. The quantitative estimate of drug-likeness (QED) is 0.370. The molecule has 1 aromatic rings. The summed E-state index contributed by atoms with van der Waals surface area (Å²) in [4.78, 5) is 3.97. The molecule has 0 atom stereocenters. The average Bonchev–Trinajstić information content (AvgIpc) is 2.50. The van der Waals surface area contributed by atoms with Crippen LogP contribution in [-0.4, -0.2) is 40.3 Å². The van der Waals surface area contributed by atoms with Gasteiger partial charge in [0.2, 0.25) is 10.0 Å². The zero-order valence-electron chi connectivity index (χ0n) is 12.2. The highest BCUT2D eigenvalue weighted by Gasteiger charge is 2.09. The Bertz CT molecular complexity index is 556. The zero-order chi connectivity index (χ0) is 15.6. The molecule has 0 radical (unpaired) electrons. The van der Waals surface area contributed by atoms with E-state index in [0.29, 0.717) is 19.0 Å². The fraction of sp³-hybridized carbons (Fsp3) is 0.357. The van der Waals surface area contributed by atoms with Gasteiger partial charge in [-0.3, -0.25) is 4.99 Å². The monoisotopic (exact) mass is 310 g/mol. The lowest BCUT2D eigenvalue weighted by Gasteiger charge is -2.11. The first-order valence-corrected chi connectivity index (χ1v) is 8.29. The van der Waals surface area contributed by atoms with Gasteiger partial charge in [0.25, 0.3) is 0 Å². The molecule has 21 heavy (non-hydrogen) atoms. The van der Waals surface area contributed by atoms with E-state index in [2.05, 4.69) is 26.9 Å². The highest BCUT2D eigenvalue weighted by Crippen LogP contribution is 1.98. The molecular formula is C14H22N4O2S. The number of nitrogens with one attached hydrogen (secondary N) is 3. The normalized spacial score (nSPS) is 12.0. The summed E-state index contributed by atoms with van der Waals surface area (Å²) < 4.78 is 26.3. The van der Waals surface area contributed by atoms with Gasteiger partial charge in [0.15, 0.2) is 5.96 Å². The van der Waals surface area contributed by atoms with Crippen molar-refractivity contribution in [3.8, 4) is 0 Å². The molecule has 0 fully saturated rings. The van der Waals surface area contributed by atoms with E-state index in [-0.39, 0.29) is 12.3 Å². The molecule has 0 aromatic heterocycles. The van der Waals surface area contributed by atoms with Gasteiger partial charge in [-0.1, -0.05) is 36.4 Å². The molecule has 1 rings (SSSR count). The van der Waals surface area contributed by atoms with E-state index in [9.17, 15) is 8.42 Å². The molecule has 0 amide bonds. The molecule has 0 spiro atoms. The smallest absolute Gasteiger partial charge is 0.213 e. The van der Waals surface area contributed by atoms with Gasteiger partial charge in [-0.15, -0.1) is 6.58 Å². The van der Waals surface area contributed by atoms with E-state index >= 15 is 0 Å². The third kappa shape index (κ3) is 7.48. The van der Waals surface area contributed by atoms with Crippen molar-refractivity contribution >= 4 is 16.0 Å². The summed E-state index contributed by atoms with van der Waals surface area (Å²) in [5, 5.41) is 5.90. The molecule has 0 aliphatic heterocycles. The first kappa shape index (κ1) is 17.2. The van der Waals surface area contributed by atoms with Crippen molar-refractivity contribution in [3.05, 3.63) is 48.6 Å². The fourth-order valence-electron chi connectivity index (χ4n) is 1.55. The fourth-order valence-corrected chi connectivity index (χ4v) is 2.46. The van der Waals surface area contributed by atoms with Crippen LogP contribution < -0.4 is 15.4 Å². The maximum atomic E-state index is 11.9. The average molecular weight is 310 g/mol. The number of hydrogen-bond acceptors (Lipinski definition) is 3. The largest absolute Gasteiger partial charge is 0.355 e. The Morgan fingerprint density at radius 3 is 2.62 bits per heavy atom. The molecule has 0 saturated heterocycles. The van der Waals surface area contributed by atoms with Crippen LogP contribution in [0.4, 0.5) is 0 Å². The Hall–Kier alpha value is -1.86. The lowest BCUT2D eigenvalue weighted by Crippen LogP contribution is -2.41. The Morgan fingerprint density at radius 2 is 2.00 bits per heavy atom. The molecule has 6 nitrogen and oxygen atoms in total. The number of hydrogen-bond donors (Lipinski definition) is 3. The van der Waals surface area contributed by atoms with Crippen LogP contribution in [0.5, 0.6) is 0 Å². The molecular weight excluding hydrogens is 288 g/mol. The Morgan fingerprint density at radius 1 is 1.29 bits per heavy atom. The third-order valence-corrected chi connectivity index (χ3v) is 3.97. The molecule has 3 N–H and O–H groups in total. The number of benzene rings is 1. The van der Waals surface area contributed by atoms with Crippen LogP contribution in [0.1, 0.15) is 5.56 Å². The SMILES string of the molecule is C=CCNC(=NC)NCCS(=O)(=O)NCc1ccccc1. The summed E-state index contributed by atoms with van der Waals surface area (Å²) in [7, 11) is -1.69. The number of guanidine groups is 1. The lowest BCUT2D eigenvalue weighted by atomic mass is 10.2. The Balaban J connectivity index is 2.34. The van der Waals surface area contributed by atoms with E-state index in [4.69, 9.17) is 0 Å². The maximum absolute atomic E-state index is 11.9. The van der Waals surface area contributed by atoms with Crippen LogP contribution in [0.25, 0.3) is 0 Å². The highest BCUT2D eigenvalue weighted by atomic mass is 32.2. The molecule has 0 aliphatic rings. The minimum Gasteiger partial charge on any atom is -0.355 e. The van der Waals surface area contributed by atoms with Gasteiger partial charge < -0.3 is 10.6 Å². The maximum Gasteiger partial charge on any atom is 0.213 e. The van der Waals surface area contributed by atoms with Crippen molar-refractivity contribution in [3.63, 3.8) is 0 Å². The van der Waals surface area contributed by atoms with Gasteiger partial charge in [0.05, 0.1) is 5.75 Å². The van der Waals surface area contributed by atoms with E-state index in [1.807, 2.05) is 30.3 Å². The van der Waals surface area contributed by atoms with Gasteiger partial charge in [-0.2, -0.15) is 0 Å². The van der Waals surface area contributed by atoms with Crippen molar-refractivity contribution in [2.75, 3.05) is 25.9 Å². The lowest BCUT2D eigenvalue weighted by molar-refractivity contribution is 0.580. The summed E-state index contributed by atoms with van der Waals surface area (Å²) in [6, 6.07) is 9.40. The van der Waals surface area contributed by atoms with Gasteiger partial charge in [-0.25, -0.2) is 13.1 Å². The van der Waals surface area contributed by atoms with Crippen LogP contribution in [0, 0.1) is 0 Å². The molecule has 7 heteroatoms. The standard InChI is InChI=1S/C14H22N4O2S/c1-3-9-16-14(15-2)17-10-11-21(19,20)18-12-13-7-5-4-6-8-13/h3-8,18H,1,9-12H2,2H3,(H2,15,16,17). The van der Waals surface area contributed by atoms with Crippen molar-refractivity contribution in [2.45, 2.75) is 6.54 Å². The zero-order valence-corrected chi connectivity index (χ0v) is 13.0. The second-order valence-electron chi connectivity index (χ2n) is 4.29. The topological polar surface area (TPSA) is 82.6 Å². The summed E-state index contributed by atoms with van der Waals surface area (Å²) in [5.74, 6) is 0.530. The third-order valence-electron chi connectivity index (χ3n) is 2.64. The number of rotatable bonds is 8. The minimum atomic E-state index is -3.32. The van der Waals surface area contributed by atoms with E-state index in [0.717, 1.165) is 5.56 Å². The first-order valence-electron chi connectivity index (χ1n) is 6.64. The summed E-state index contributed by atoms with van der Waals surface area (Å²) in [6.45, 7) is 4.73. The Labute approximate surface area is 126 Å². The summed E-state index contributed by atoms with van der Waals surface area (Å²) >= 11 is 0. The molecule has 0 aliphatic carbocycles. The first-order chi connectivity index (χ1) is 10.1. The Kier molecular flexibility index (Phi) is 7.49. The van der Waals surface area contributed by atoms with Crippen LogP contribution in [0.2, 0.25) is 0 Å². The second kappa shape index (κ2) is 9.15. The van der Waals surface area contributed by atoms with Gasteiger partial charge in [-0.05, 0) is 5.56 Å². The van der Waals surface area contributed by atoms with E-state index in [1.165, 1.54) is 0 Å². The van der Waals surface area contributed by atoms with Gasteiger partial charge >= 0.3 is 0 Å². The highest BCUT2D eigenvalue weighted by molar-refractivity contribution is 7.89. The van der Waals surface area contributed by atoms with Crippen LogP contribution in [-0.2, 0) is 16.6 Å². The van der Waals surface area contributed by atoms with Gasteiger partial charge in [0, 0.05) is 26.7 Å². The van der Waals surface area contributed by atoms with E-state index < -0.39 is 10.0 Å². The van der Waals surface area contributed by atoms with Crippen molar-refractivity contribution in [2.24, 2.45) is 4.99 Å². The predicted octanol–water partition coefficient (Wildman–Crippen LogP) is 0.457. The van der Waals surface area contributed by atoms with Crippen LogP contribution in [0.15, 0.2) is 48.0 Å². The van der Waals surface area contributed by atoms with Crippen molar-refractivity contribution in [1.29, 1.82) is 0 Å². The molecule has 116 valence electrons. The molecule has 0 saturated carbocycles. The van der Waals surface area contributed by atoms with Crippen LogP contribution >= 0.6 is 0 Å². The minimum absolute atomic E-state index is 0.0192. The van der Waals surface area contributed by atoms with Crippen molar-refractivity contribution < 1.29 is 8.42 Å². The van der Waals surface area contributed by atoms with Crippen LogP contribution in [0.3, 0.4) is 0 Å². The van der Waals surface area contributed by atoms with Gasteiger partial charge in [0.1, 0.15) is 0 Å². The van der Waals surface area contributed by atoms with Crippen molar-refractivity contribution in [1.82, 2.24) is 15.4 Å². The van der Waals surface area contributed by atoms with E-state index in [1.54, 1.807) is 13.1 Å². The summed E-state index contributed by atoms with van der Waals surface area (Å²) in [5.41, 5.74) is 0.928.